The van der Waals surface area contributed by atoms with Crippen LogP contribution in [0.15, 0.2) is 0 Å². The van der Waals surface area contributed by atoms with Crippen molar-refractivity contribution in [3.8, 4) is 0 Å². The van der Waals surface area contributed by atoms with Gasteiger partial charge in [-0.25, -0.2) is 0 Å². The van der Waals surface area contributed by atoms with E-state index in [1.165, 1.54) is 0 Å². The van der Waals surface area contributed by atoms with Crippen LogP contribution in [0.3, 0.4) is 0 Å². The van der Waals surface area contributed by atoms with Gasteiger partial charge in [0.15, 0.2) is 0 Å². The van der Waals surface area contributed by atoms with E-state index >= 15 is 0 Å². The fourth-order valence-corrected chi connectivity index (χ4v) is 3.34. The highest BCUT2D eigenvalue weighted by atomic mass is 16.5. The number of likely N-dealkylation sites (N-methyl/N-ethyl adjacent to an activating group) is 1. The van der Waals surface area contributed by atoms with Crippen molar-refractivity contribution in [2.75, 3.05) is 86.2 Å². The third-order valence-electron chi connectivity index (χ3n) is 5.54. The van der Waals surface area contributed by atoms with E-state index in [-0.39, 0.29) is 11.9 Å². The van der Waals surface area contributed by atoms with Crippen LogP contribution in [0.4, 0.5) is 0 Å². The van der Waals surface area contributed by atoms with Crippen molar-refractivity contribution < 1.29 is 19.1 Å². The number of hydrogen-bond donors (Lipinski definition) is 4. The first kappa shape index (κ1) is 34.7. The van der Waals surface area contributed by atoms with Gasteiger partial charge < -0.3 is 35.6 Å². The molecule has 0 heterocycles. The molecule has 0 unspecified atom stereocenters. The van der Waals surface area contributed by atoms with E-state index in [2.05, 4.69) is 42.0 Å². The van der Waals surface area contributed by atoms with Crippen LogP contribution in [0, 0.1) is 5.41 Å². The Bertz CT molecular complexity index is 527. The van der Waals surface area contributed by atoms with Gasteiger partial charge in [0.05, 0.1) is 6.61 Å². The van der Waals surface area contributed by atoms with Crippen molar-refractivity contribution in [2.24, 2.45) is 5.41 Å². The molecule has 0 aromatic carbocycles. The van der Waals surface area contributed by atoms with Gasteiger partial charge in [-0.05, 0) is 71.1 Å². The van der Waals surface area contributed by atoms with Crippen molar-refractivity contribution in [2.45, 2.75) is 72.1 Å². The van der Waals surface area contributed by atoms with Gasteiger partial charge in [0.2, 0.25) is 0 Å². The van der Waals surface area contributed by atoms with E-state index in [4.69, 9.17) is 9.47 Å². The van der Waals surface area contributed by atoms with Crippen LogP contribution >= 0.6 is 0 Å². The standard InChI is InChI=1S/C27H57N5O4/c1-27(2,3)13-10-23-35-25(33)11-6-8-14-28-16-18-30-20-21-31-19-17-29-15-9-7-12-26(34)36-24-22-32(4)5/h28-31H,6-24H2,1-5H3. The predicted molar refractivity (Wildman–Crippen MR) is 148 cm³/mol. The number of unbranched alkanes of at least 4 members (excludes halogenated alkanes) is 2. The predicted octanol–water partition coefficient (Wildman–Crippen LogP) is 2.16. The van der Waals surface area contributed by atoms with Gasteiger partial charge >= 0.3 is 11.9 Å². The third kappa shape index (κ3) is 29.0. The third-order valence-corrected chi connectivity index (χ3v) is 5.54. The quantitative estimate of drug-likeness (QED) is 0.108. The summed E-state index contributed by atoms with van der Waals surface area (Å²) in [5.74, 6) is -0.165. The molecule has 0 aliphatic rings. The number of nitrogens with zero attached hydrogens (tertiary/aromatic N) is 1. The van der Waals surface area contributed by atoms with E-state index < -0.39 is 0 Å². The molecule has 0 rings (SSSR count). The molecule has 4 N–H and O–H groups in total. The van der Waals surface area contributed by atoms with Crippen LogP contribution in [0.1, 0.15) is 72.1 Å². The summed E-state index contributed by atoms with van der Waals surface area (Å²) in [7, 11) is 3.93. The number of ether oxygens (including phenoxy) is 2. The maximum Gasteiger partial charge on any atom is 0.305 e. The van der Waals surface area contributed by atoms with Gasteiger partial charge in [-0.2, -0.15) is 0 Å². The molecule has 0 saturated heterocycles. The summed E-state index contributed by atoms with van der Waals surface area (Å²) in [6.07, 6.45) is 6.75. The highest BCUT2D eigenvalue weighted by Crippen LogP contribution is 2.20. The molecule has 9 heteroatoms. The van der Waals surface area contributed by atoms with Crippen LogP contribution in [-0.2, 0) is 19.1 Å². The molecule has 0 saturated carbocycles. The maximum absolute atomic E-state index is 11.7. The average molecular weight is 516 g/mol. The van der Waals surface area contributed by atoms with Crippen LogP contribution in [0.2, 0.25) is 0 Å². The zero-order valence-corrected chi connectivity index (χ0v) is 24.0. The molecular formula is C27H57N5O4. The average Bonchev–Trinajstić information content (AvgIpc) is 2.80. The molecule has 0 aliphatic carbocycles. The van der Waals surface area contributed by atoms with Crippen LogP contribution in [-0.4, -0.2) is 103 Å². The molecule has 0 spiro atoms. The highest BCUT2D eigenvalue weighted by Gasteiger charge is 2.10. The Labute approximate surface area is 221 Å². The molecule has 0 atom stereocenters. The number of carbonyl (C=O) groups is 2. The molecule has 0 fully saturated rings. The van der Waals surface area contributed by atoms with Gasteiger partial charge in [-0.3, -0.25) is 9.59 Å². The van der Waals surface area contributed by atoms with Gasteiger partial charge in [-0.15, -0.1) is 0 Å². The minimum atomic E-state index is -0.0966. The largest absolute Gasteiger partial charge is 0.466 e. The zero-order valence-electron chi connectivity index (χ0n) is 24.0. The van der Waals surface area contributed by atoms with E-state index in [1.54, 1.807) is 0 Å². The second kappa shape index (κ2) is 24.1. The molecule has 36 heavy (non-hydrogen) atoms. The molecule has 0 aliphatic heterocycles. The topological polar surface area (TPSA) is 104 Å². The fraction of sp³-hybridized carbons (Fsp3) is 0.926. The first-order valence-electron chi connectivity index (χ1n) is 14.0. The number of esters is 2. The fourth-order valence-electron chi connectivity index (χ4n) is 3.34. The van der Waals surface area contributed by atoms with Crippen LogP contribution in [0.5, 0.6) is 0 Å². The lowest BCUT2D eigenvalue weighted by atomic mass is 9.91. The summed E-state index contributed by atoms with van der Waals surface area (Å²) in [5, 5.41) is 13.6. The summed E-state index contributed by atoms with van der Waals surface area (Å²) >= 11 is 0. The maximum atomic E-state index is 11.7. The Morgan fingerprint density at radius 2 is 1.03 bits per heavy atom. The summed E-state index contributed by atoms with van der Waals surface area (Å²) in [4.78, 5) is 25.3. The van der Waals surface area contributed by atoms with Crippen molar-refractivity contribution >= 4 is 11.9 Å². The molecule has 0 radical (unpaired) electrons. The van der Waals surface area contributed by atoms with E-state index in [9.17, 15) is 9.59 Å². The Morgan fingerprint density at radius 3 is 1.44 bits per heavy atom. The van der Waals surface area contributed by atoms with Gasteiger partial charge in [0.25, 0.3) is 0 Å². The molecule has 0 aromatic heterocycles. The lowest BCUT2D eigenvalue weighted by molar-refractivity contribution is -0.144. The second-order valence-corrected chi connectivity index (χ2v) is 10.8. The minimum Gasteiger partial charge on any atom is -0.466 e. The Morgan fingerprint density at radius 1 is 0.611 bits per heavy atom. The summed E-state index contributed by atoms with van der Waals surface area (Å²) in [5.41, 5.74) is 0.299. The number of nitrogens with one attached hydrogen (secondary N) is 4. The number of hydrogen-bond acceptors (Lipinski definition) is 9. The Hall–Kier alpha value is -1.26. The van der Waals surface area contributed by atoms with E-state index in [0.717, 1.165) is 97.4 Å². The van der Waals surface area contributed by atoms with Crippen molar-refractivity contribution in [3.63, 3.8) is 0 Å². The lowest BCUT2D eigenvalue weighted by Crippen LogP contribution is -2.35. The smallest absolute Gasteiger partial charge is 0.305 e. The van der Waals surface area contributed by atoms with Crippen molar-refractivity contribution in [3.05, 3.63) is 0 Å². The van der Waals surface area contributed by atoms with Crippen LogP contribution < -0.4 is 21.3 Å². The summed E-state index contributed by atoms with van der Waals surface area (Å²) < 4.78 is 10.5. The lowest BCUT2D eigenvalue weighted by Gasteiger charge is -2.17. The van der Waals surface area contributed by atoms with E-state index in [1.807, 2.05) is 19.0 Å². The van der Waals surface area contributed by atoms with Crippen LogP contribution in [0.25, 0.3) is 0 Å². The number of carbonyl (C=O) groups excluding carboxylic acids is 2. The molecule has 0 bridgehead atoms. The highest BCUT2D eigenvalue weighted by molar-refractivity contribution is 5.69. The Kier molecular flexibility index (Phi) is 23.3. The Balaban J connectivity index is 3.21. The first-order valence-corrected chi connectivity index (χ1v) is 14.0. The minimum absolute atomic E-state index is 0.0680. The normalized spacial score (nSPS) is 11.7. The monoisotopic (exact) mass is 515 g/mol. The second-order valence-electron chi connectivity index (χ2n) is 10.8. The summed E-state index contributed by atoms with van der Waals surface area (Å²) in [6.45, 7) is 15.9. The van der Waals surface area contributed by atoms with Gasteiger partial charge in [0.1, 0.15) is 6.61 Å². The molecule has 0 aromatic rings. The first-order chi connectivity index (χ1) is 17.2. The molecule has 0 amide bonds. The molecule has 9 nitrogen and oxygen atoms in total. The molecule has 214 valence electrons. The summed E-state index contributed by atoms with van der Waals surface area (Å²) in [6, 6.07) is 0. The van der Waals surface area contributed by atoms with E-state index in [0.29, 0.717) is 31.5 Å². The molecular weight excluding hydrogens is 458 g/mol. The van der Waals surface area contributed by atoms with Crippen molar-refractivity contribution in [1.29, 1.82) is 0 Å². The van der Waals surface area contributed by atoms with Gasteiger partial charge in [-0.1, -0.05) is 20.8 Å². The SMILES string of the molecule is CN(C)CCOC(=O)CCCCNCCNCCNCCNCCCCC(=O)OCCCC(C)(C)C. The zero-order chi connectivity index (χ0) is 26.9. The van der Waals surface area contributed by atoms with Gasteiger partial charge in [0, 0.05) is 58.7 Å². The number of rotatable bonds is 25. The van der Waals surface area contributed by atoms with Crippen molar-refractivity contribution in [1.82, 2.24) is 26.2 Å².